The number of benzene rings is 1. The third-order valence-corrected chi connectivity index (χ3v) is 7.13. The Bertz CT molecular complexity index is 1660. The summed E-state index contributed by atoms with van der Waals surface area (Å²) in [4.78, 5) is 29.3. The normalized spacial score (nSPS) is 14.6. The molecule has 3 aromatic heterocycles. The fraction of sp³-hybridized carbons (Fsp3) is 0.300. The maximum absolute atomic E-state index is 14.4. The van der Waals surface area contributed by atoms with E-state index in [9.17, 15) is 24.3 Å². The predicted molar refractivity (Wildman–Crippen MR) is 151 cm³/mol. The van der Waals surface area contributed by atoms with E-state index >= 15 is 0 Å². The minimum Gasteiger partial charge on any atom is -0.387 e. The fourth-order valence-corrected chi connectivity index (χ4v) is 4.64. The molecule has 4 aromatic rings. The zero-order valence-electron chi connectivity index (χ0n) is 22.9. The van der Waals surface area contributed by atoms with Crippen molar-refractivity contribution in [2.24, 2.45) is 0 Å². The molecule has 1 aliphatic rings. The van der Waals surface area contributed by atoms with Crippen LogP contribution in [-0.4, -0.2) is 49.8 Å². The highest BCUT2D eigenvalue weighted by atomic mass is 19.1. The Labute approximate surface area is 236 Å². The summed E-state index contributed by atoms with van der Waals surface area (Å²) in [6.45, 7) is 3.80. The third-order valence-electron chi connectivity index (χ3n) is 7.13. The van der Waals surface area contributed by atoms with Crippen molar-refractivity contribution in [3.8, 4) is 17.5 Å². The van der Waals surface area contributed by atoms with E-state index in [1.165, 1.54) is 33.2 Å². The van der Waals surface area contributed by atoms with Gasteiger partial charge in [-0.15, -0.1) is 0 Å². The number of hydrogen-bond donors (Lipinski definition) is 4. The molecule has 3 heterocycles. The molecular weight excluding hydrogens is 525 g/mol. The van der Waals surface area contributed by atoms with E-state index in [-0.39, 0.29) is 23.6 Å². The molecule has 1 aromatic carbocycles. The first-order valence-corrected chi connectivity index (χ1v) is 13.2. The Balaban J connectivity index is 1.47. The lowest BCUT2D eigenvalue weighted by Gasteiger charge is -2.22. The predicted octanol–water partition coefficient (Wildman–Crippen LogP) is 3.98. The molecule has 41 heavy (non-hydrogen) atoms. The van der Waals surface area contributed by atoms with Crippen molar-refractivity contribution in [2.45, 2.75) is 50.9 Å². The number of hydrogen-bond acceptors (Lipinski definition) is 7. The standard InChI is InChI=1S/C30H30FN7O3/c1-18(39)37-30(10-11-30)20-4-6-21(7-5-20)36-24-13-25(26-9-8-22-12-19(14-32)15-35-38(22)26)33-16-23(24)28(40)34-17-27(31)29(2,3)41/h4-9,12-13,15-16,27,41H,10-11,17H2,1-3H3,(H,33,36)(H,34,40)(H,37,39)/t27-/m1/s1. The molecule has 11 heteroatoms. The number of nitrogens with one attached hydrogen (secondary N) is 3. The van der Waals surface area contributed by atoms with E-state index in [4.69, 9.17) is 0 Å². The van der Waals surface area contributed by atoms with Crippen LogP contribution in [0.4, 0.5) is 15.8 Å². The van der Waals surface area contributed by atoms with E-state index in [1.807, 2.05) is 36.4 Å². The van der Waals surface area contributed by atoms with Gasteiger partial charge < -0.3 is 21.1 Å². The van der Waals surface area contributed by atoms with Crippen molar-refractivity contribution in [2.75, 3.05) is 11.9 Å². The van der Waals surface area contributed by atoms with Crippen molar-refractivity contribution in [3.63, 3.8) is 0 Å². The molecule has 2 amide bonds. The Morgan fingerprint density at radius 3 is 2.54 bits per heavy atom. The van der Waals surface area contributed by atoms with Crippen molar-refractivity contribution in [3.05, 3.63) is 77.6 Å². The third kappa shape index (κ3) is 5.88. The van der Waals surface area contributed by atoms with Crippen LogP contribution in [0.3, 0.4) is 0 Å². The molecule has 0 aliphatic heterocycles. The number of rotatable bonds is 9. The van der Waals surface area contributed by atoms with E-state index in [0.29, 0.717) is 33.8 Å². The SMILES string of the molecule is CC(=O)NC1(c2ccc(Nc3cc(-c4ccc5cc(C#N)cnn45)ncc3C(=O)NC[C@@H](F)C(C)(C)O)cc2)CC1. The van der Waals surface area contributed by atoms with Crippen LogP contribution in [0.15, 0.2) is 60.9 Å². The first-order valence-electron chi connectivity index (χ1n) is 13.2. The van der Waals surface area contributed by atoms with Gasteiger partial charge in [0, 0.05) is 18.8 Å². The van der Waals surface area contributed by atoms with Crippen molar-refractivity contribution >= 4 is 28.7 Å². The maximum Gasteiger partial charge on any atom is 0.255 e. The van der Waals surface area contributed by atoms with Gasteiger partial charge >= 0.3 is 0 Å². The van der Waals surface area contributed by atoms with Crippen LogP contribution in [-0.2, 0) is 10.3 Å². The number of alkyl halides is 1. The number of nitrogens with zero attached hydrogens (tertiary/aromatic N) is 4. The van der Waals surface area contributed by atoms with Crippen LogP contribution in [0.1, 0.15) is 55.1 Å². The number of carbonyl (C=O) groups is 2. The molecular formula is C30H30FN7O3. The van der Waals surface area contributed by atoms with Crippen LogP contribution in [0.5, 0.6) is 0 Å². The maximum atomic E-state index is 14.4. The van der Waals surface area contributed by atoms with Crippen molar-refractivity contribution in [1.82, 2.24) is 25.2 Å². The van der Waals surface area contributed by atoms with Gasteiger partial charge in [0.15, 0.2) is 0 Å². The second-order valence-electron chi connectivity index (χ2n) is 10.8. The zero-order valence-corrected chi connectivity index (χ0v) is 22.9. The monoisotopic (exact) mass is 555 g/mol. The first-order chi connectivity index (χ1) is 19.5. The molecule has 0 bridgehead atoms. The molecule has 0 unspecified atom stereocenters. The molecule has 1 saturated carbocycles. The summed E-state index contributed by atoms with van der Waals surface area (Å²) in [6.07, 6.45) is 2.93. The van der Waals surface area contributed by atoms with Crippen LogP contribution < -0.4 is 16.0 Å². The number of carbonyl (C=O) groups excluding carboxylic acids is 2. The smallest absolute Gasteiger partial charge is 0.255 e. The second kappa shape index (κ2) is 10.6. The highest BCUT2D eigenvalue weighted by Crippen LogP contribution is 2.45. The molecule has 210 valence electrons. The Kier molecular flexibility index (Phi) is 7.19. The van der Waals surface area contributed by atoms with Crippen LogP contribution >= 0.6 is 0 Å². The average Bonchev–Trinajstić information content (AvgIpc) is 3.59. The van der Waals surface area contributed by atoms with Gasteiger partial charge in [-0.25, -0.2) is 8.91 Å². The molecule has 0 spiro atoms. The Morgan fingerprint density at radius 1 is 1.17 bits per heavy atom. The second-order valence-corrected chi connectivity index (χ2v) is 10.8. The van der Waals surface area contributed by atoms with Gasteiger partial charge in [-0.1, -0.05) is 12.1 Å². The van der Waals surface area contributed by atoms with E-state index in [1.54, 1.807) is 16.6 Å². The van der Waals surface area contributed by atoms with Crippen LogP contribution in [0.2, 0.25) is 0 Å². The summed E-state index contributed by atoms with van der Waals surface area (Å²) >= 11 is 0. The number of aromatic nitrogens is 3. The average molecular weight is 556 g/mol. The first kappa shape index (κ1) is 27.7. The van der Waals surface area contributed by atoms with Gasteiger partial charge in [0.1, 0.15) is 12.2 Å². The number of fused-ring (bicyclic) bond motifs is 1. The largest absolute Gasteiger partial charge is 0.387 e. The van der Waals surface area contributed by atoms with Gasteiger partial charge in [0.25, 0.3) is 5.91 Å². The molecule has 4 N–H and O–H groups in total. The van der Waals surface area contributed by atoms with Gasteiger partial charge in [-0.3, -0.25) is 14.6 Å². The molecule has 1 atom stereocenters. The number of amides is 2. The summed E-state index contributed by atoms with van der Waals surface area (Å²) in [5.74, 6) is -0.643. The van der Waals surface area contributed by atoms with Crippen LogP contribution in [0.25, 0.3) is 16.9 Å². The van der Waals surface area contributed by atoms with Gasteiger partial charge in [0.2, 0.25) is 5.91 Å². The molecule has 0 radical (unpaired) electrons. The summed E-state index contributed by atoms with van der Waals surface area (Å²) in [5.41, 5.74) is 2.64. The number of nitriles is 1. The summed E-state index contributed by atoms with van der Waals surface area (Å²) in [5, 5.41) is 32.3. The topological polar surface area (TPSA) is 144 Å². The fourth-order valence-electron chi connectivity index (χ4n) is 4.64. The van der Waals surface area contributed by atoms with E-state index in [0.717, 1.165) is 18.4 Å². The number of aliphatic hydroxyl groups is 1. The van der Waals surface area contributed by atoms with Gasteiger partial charge in [-0.05, 0) is 68.7 Å². The van der Waals surface area contributed by atoms with Crippen molar-refractivity contribution < 1.29 is 19.1 Å². The molecule has 5 rings (SSSR count). The molecule has 1 fully saturated rings. The summed E-state index contributed by atoms with van der Waals surface area (Å²) < 4.78 is 16.0. The summed E-state index contributed by atoms with van der Waals surface area (Å²) in [6, 6.07) is 16.7. The zero-order chi connectivity index (χ0) is 29.4. The summed E-state index contributed by atoms with van der Waals surface area (Å²) in [7, 11) is 0. The Morgan fingerprint density at radius 2 is 1.90 bits per heavy atom. The molecule has 10 nitrogen and oxygen atoms in total. The Hall–Kier alpha value is -4.82. The van der Waals surface area contributed by atoms with E-state index < -0.39 is 17.7 Å². The van der Waals surface area contributed by atoms with Gasteiger partial charge in [0.05, 0.1) is 57.6 Å². The number of pyridine rings is 1. The molecule has 1 aliphatic carbocycles. The van der Waals surface area contributed by atoms with E-state index in [2.05, 4.69) is 32.1 Å². The lowest BCUT2D eigenvalue weighted by atomic mass is 10.0. The highest BCUT2D eigenvalue weighted by Gasteiger charge is 2.44. The minimum absolute atomic E-state index is 0.0824. The molecule has 0 saturated heterocycles. The highest BCUT2D eigenvalue weighted by molar-refractivity contribution is 6.00. The lowest BCUT2D eigenvalue weighted by Crippen LogP contribution is -2.42. The minimum atomic E-state index is -1.67. The van der Waals surface area contributed by atoms with Crippen molar-refractivity contribution in [1.29, 1.82) is 5.26 Å². The quantitative estimate of drug-likeness (QED) is 0.245. The van der Waals surface area contributed by atoms with Crippen LogP contribution in [0, 0.1) is 11.3 Å². The lowest BCUT2D eigenvalue weighted by molar-refractivity contribution is -0.120. The number of anilines is 2. The number of halogens is 1. The van der Waals surface area contributed by atoms with Gasteiger partial charge in [-0.2, -0.15) is 10.4 Å².